The lowest BCUT2D eigenvalue weighted by molar-refractivity contribution is 0.287. The number of aryl methyl sites for hydroxylation is 1. The summed E-state index contributed by atoms with van der Waals surface area (Å²) in [6, 6.07) is 7.48. The predicted molar refractivity (Wildman–Crippen MR) is 121 cm³/mol. The molecular weight excluding hydrogens is 398 g/mol. The van der Waals surface area contributed by atoms with Crippen molar-refractivity contribution in [2.24, 2.45) is 5.92 Å². The van der Waals surface area contributed by atoms with E-state index in [1.165, 1.54) is 10.4 Å². The summed E-state index contributed by atoms with van der Waals surface area (Å²) in [7, 11) is 5.63. The molecule has 4 rings (SSSR count). The summed E-state index contributed by atoms with van der Waals surface area (Å²) in [6.45, 7) is 3.78. The van der Waals surface area contributed by atoms with Crippen LogP contribution in [0.4, 0.5) is 0 Å². The second kappa shape index (κ2) is 8.78. The van der Waals surface area contributed by atoms with E-state index < -0.39 is 0 Å². The number of hydrogen-bond acceptors (Lipinski definition) is 6. The molecule has 1 aromatic carbocycles. The van der Waals surface area contributed by atoms with Crippen molar-refractivity contribution >= 4 is 21.6 Å². The molecule has 3 aromatic rings. The Morgan fingerprint density at radius 2 is 1.97 bits per heavy atom. The van der Waals surface area contributed by atoms with Gasteiger partial charge in [0.1, 0.15) is 28.8 Å². The Balaban J connectivity index is 1.64. The quantitative estimate of drug-likeness (QED) is 0.575. The summed E-state index contributed by atoms with van der Waals surface area (Å²) in [5.74, 6) is 3.02. The zero-order valence-corrected chi connectivity index (χ0v) is 18.9. The standard InChI is InChI=1S/C23H29N3O3S/c1-15-5-10-18-19(13-15)30-22-21(18)23(27)26(20(24-22)14-25(2)3)11-12-29-17-8-6-16(28-4)7-9-17/h6-9,15H,5,10-14H2,1-4H3. The summed E-state index contributed by atoms with van der Waals surface area (Å²) < 4.78 is 12.9. The second-order valence-electron chi connectivity index (χ2n) is 8.28. The Morgan fingerprint density at radius 1 is 1.23 bits per heavy atom. The highest BCUT2D eigenvalue weighted by Crippen LogP contribution is 2.35. The number of hydrogen-bond donors (Lipinski definition) is 0. The number of nitrogens with zero attached hydrogens (tertiary/aromatic N) is 3. The first-order valence-electron chi connectivity index (χ1n) is 10.4. The summed E-state index contributed by atoms with van der Waals surface area (Å²) in [5.41, 5.74) is 1.30. The molecule has 0 saturated carbocycles. The predicted octanol–water partition coefficient (Wildman–Crippen LogP) is 3.73. The molecule has 6 nitrogen and oxygen atoms in total. The van der Waals surface area contributed by atoms with Gasteiger partial charge in [0.15, 0.2) is 0 Å². The molecule has 0 amide bonds. The lowest BCUT2D eigenvalue weighted by Crippen LogP contribution is -2.30. The van der Waals surface area contributed by atoms with Crippen LogP contribution in [-0.2, 0) is 25.9 Å². The van der Waals surface area contributed by atoms with Crippen molar-refractivity contribution in [1.82, 2.24) is 14.5 Å². The molecule has 0 N–H and O–H groups in total. The van der Waals surface area contributed by atoms with Crippen molar-refractivity contribution in [2.75, 3.05) is 27.8 Å². The van der Waals surface area contributed by atoms with Gasteiger partial charge in [-0.25, -0.2) is 4.98 Å². The number of benzene rings is 1. The van der Waals surface area contributed by atoms with E-state index >= 15 is 0 Å². The largest absolute Gasteiger partial charge is 0.497 e. The van der Waals surface area contributed by atoms with E-state index in [0.29, 0.717) is 25.6 Å². The first-order valence-corrected chi connectivity index (χ1v) is 11.2. The summed E-state index contributed by atoms with van der Waals surface area (Å²) in [6.07, 6.45) is 3.17. The number of aromatic nitrogens is 2. The molecule has 0 radical (unpaired) electrons. The van der Waals surface area contributed by atoms with Crippen LogP contribution in [0.5, 0.6) is 11.5 Å². The van der Waals surface area contributed by atoms with Crippen LogP contribution in [-0.4, -0.2) is 42.3 Å². The Kier molecular flexibility index (Phi) is 6.11. The van der Waals surface area contributed by atoms with Crippen molar-refractivity contribution in [1.29, 1.82) is 0 Å². The number of methoxy groups -OCH3 is 1. The molecule has 160 valence electrons. The first kappa shape index (κ1) is 20.9. The molecule has 2 aromatic heterocycles. The van der Waals surface area contributed by atoms with E-state index in [0.717, 1.165) is 46.8 Å². The van der Waals surface area contributed by atoms with Crippen LogP contribution in [0.2, 0.25) is 0 Å². The van der Waals surface area contributed by atoms with Crippen LogP contribution >= 0.6 is 11.3 Å². The van der Waals surface area contributed by atoms with Gasteiger partial charge in [-0.15, -0.1) is 11.3 Å². The average Bonchev–Trinajstić information content (AvgIpc) is 3.07. The van der Waals surface area contributed by atoms with Gasteiger partial charge in [-0.3, -0.25) is 9.36 Å². The van der Waals surface area contributed by atoms with Crippen LogP contribution in [0, 0.1) is 5.92 Å². The van der Waals surface area contributed by atoms with E-state index in [4.69, 9.17) is 14.5 Å². The maximum absolute atomic E-state index is 13.5. The van der Waals surface area contributed by atoms with E-state index in [-0.39, 0.29) is 5.56 Å². The third-order valence-electron chi connectivity index (χ3n) is 5.59. The van der Waals surface area contributed by atoms with Gasteiger partial charge >= 0.3 is 0 Å². The van der Waals surface area contributed by atoms with Crippen molar-refractivity contribution in [3.05, 3.63) is 50.9 Å². The zero-order chi connectivity index (χ0) is 21.3. The van der Waals surface area contributed by atoms with E-state index in [1.807, 2.05) is 43.3 Å². The Morgan fingerprint density at radius 3 is 2.67 bits per heavy atom. The molecule has 0 saturated heterocycles. The molecule has 7 heteroatoms. The lowest BCUT2D eigenvalue weighted by Gasteiger charge is -2.18. The van der Waals surface area contributed by atoms with Crippen LogP contribution in [0.1, 0.15) is 29.6 Å². The third kappa shape index (κ3) is 4.23. The monoisotopic (exact) mass is 427 g/mol. The number of rotatable bonds is 7. The van der Waals surface area contributed by atoms with Gasteiger partial charge in [0.2, 0.25) is 0 Å². The molecule has 1 aliphatic carbocycles. The second-order valence-corrected chi connectivity index (χ2v) is 9.36. The fraction of sp³-hybridized carbons (Fsp3) is 0.478. The van der Waals surface area contributed by atoms with Gasteiger partial charge < -0.3 is 14.4 Å². The lowest BCUT2D eigenvalue weighted by atomic mass is 9.89. The Hall–Kier alpha value is -2.38. The highest BCUT2D eigenvalue weighted by molar-refractivity contribution is 7.18. The van der Waals surface area contributed by atoms with E-state index in [9.17, 15) is 4.79 Å². The van der Waals surface area contributed by atoms with Gasteiger partial charge in [0, 0.05) is 4.88 Å². The molecule has 1 aliphatic rings. The first-order chi connectivity index (χ1) is 14.5. The van der Waals surface area contributed by atoms with Gasteiger partial charge in [-0.05, 0) is 69.1 Å². The topological polar surface area (TPSA) is 56.6 Å². The van der Waals surface area contributed by atoms with Crippen molar-refractivity contribution < 1.29 is 9.47 Å². The van der Waals surface area contributed by atoms with Crippen molar-refractivity contribution in [2.45, 2.75) is 39.3 Å². The van der Waals surface area contributed by atoms with Crippen LogP contribution in [0.15, 0.2) is 29.1 Å². The number of fused-ring (bicyclic) bond motifs is 3. The fourth-order valence-electron chi connectivity index (χ4n) is 4.03. The minimum Gasteiger partial charge on any atom is -0.497 e. The SMILES string of the molecule is COc1ccc(OCCn2c(CN(C)C)nc3sc4c(c3c2=O)CCC(C)C4)cc1. The van der Waals surface area contributed by atoms with Gasteiger partial charge in [0.25, 0.3) is 5.56 Å². The van der Waals surface area contributed by atoms with Crippen molar-refractivity contribution in [3.8, 4) is 11.5 Å². The van der Waals surface area contributed by atoms with Crippen molar-refractivity contribution in [3.63, 3.8) is 0 Å². The molecule has 1 unspecified atom stereocenters. The Bertz CT molecular complexity index is 1090. The average molecular weight is 428 g/mol. The molecule has 1 atom stereocenters. The van der Waals surface area contributed by atoms with Gasteiger partial charge in [-0.2, -0.15) is 0 Å². The van der Waals surface area contributed by atoms with Crippen LogP contribution in [0.3, 0.4) is 0 Å². The number of ether oxygens (including phenoxy) is 2. The van der Waals surface area contributed by atoms with Crippen LogP contribution < -0.4 is 15.0 Å². The molecule has 2 heterocycles. The molecular formula is C23H29N3O3S. The highest BCUT2D eigenvalue weighted by atomic mass is 32.1. The number of thiophene rings is 1. The molecule has 0 aliphatic heterocycles. The summed E-state index contributed by atoms with van der Waals surface area (Å²) in [5, 5.41) is 0.828. The molecule has 30 heavy (non-hydrogen) atoms. The minimum absolute atomic E-state index is 0.0715. The van der Waals surface area contributed by atoms with E-state index in [2.05, 4.69) is 6.92 Å². The zero-order valence-electron chi connectivity index (χ0n) is 18.1. The maximum Gasteiger partial charge on any atom is 0.262 e. The van der Waals surface area contributed by atoms with Gasteiger partial charge in [0.05, 0.1) is 25.6 Å². The summed E-state index contributed by atoms with van der Waals surface area (Å²) >= 11 is 1.71. The smallest absolute Gasteiger partial charge is 0.262 e. The molecule has 0 spiro atoms. The third-order valence-corrected chi connectivity index (χ3v) is 6.74. The molecule has 0 bridgehead atoms. The summed E-state index contributed by atoms with van der Waals surface area (Å²) in [4.78, 5) is 22.7. The van der Waals surface area contributed by atoms with E-state index in [1.54, 1.807) is 23.0 Å². The molecule has 0 fully saturated rings. The highest BCUT2D eigenvalue weighted by Gasteiger charge is 2.24. The minimum atomic E-state index is 0.0715. The normalized spacial score (nSPS) is 16.1. The van der Waals surface area contributed by atoms with Gasteiger partial charge in [-0.1, -0.05) is 6.92 Å². The Labute approximate surface area is 181 Å². The maximum atomic E-state index is 13.5. The van der Waals surface area contributed by atoms with Crippen LogP contribution in [0.25, 0.3) is 10.2 Å². The fourth-order valence-corrected chi connectivity index (χ4v) is 5.42.